The van der Waals surface area contributed by atoms with Crippen LogP contribution in [0.3, 0.4) is 0 Å². The van der Waals surface area contributed by atoms with Crippen LogP contribution < -0.4 is 0 Å². The lowest BCUT2D eigenvalue weighted by Crippen LogP contribution is -2.21. The molecule has 1 aliphatic rings. The number of aromatic hydroxyl groups is 1. The standard InChI is InChI=1S/C16H10O5/c17-12(18)7-8-5-6-11-13(14(8)19)16(21)10-4-2-1-3-9(10)15(11)20/h1-6,19H,7H2,(H,17,18). The summed E-state index contributed by atoms with van der Waals surface area (Å²) in [5, 5.41) is 19.0. The first kappa shape index (κ1) is 13.1. The second kappa shape index (κ2) is 4.56. The van der Waals surface area contributed by atoms with Gasteiger partial charge in [-0.15, -0.1) is 0 Å². The molecule has 2 aromatic rings. The highest BCUT2D eigenvalue weighted by molar-refractivity contribution is 6.29. The summed E-state index contributed by atoms with van der Waals surface area (Å²) >= 11 is 0. The van der Waals surface area contributed by atoms with Crippen LogP contribution in [0.2, 0.25) is 0 Å². The van der Waals surface area contributed by atoms with E-state index in [-0.39, 0.29) is 28.0 Å². The molecule has 5 nitrogen and oxygen atoms in total. The maximum Gasteiger partial charge on any atom is 0.307 e. The minimum atomic E-state index is -1.12. The van der Waals surface area contributed by atoms with E-state index in [2.05, 4.69) is 0 Å². The molecule has 0 aromatic heterocycles. The number of carbonyl (C=O) groups excluding carboxylic acids is 2. The molecule has 0 bridgehead atoms. The Hall–Kier alpha value is -2.95. The molecule has 0 saturated heterocycles. The fraction of sp³-hybridized carbons (Fsp3) is 0.0625. The number of carbonyl (C=O) groups is 3. The van der Waals surface area contributed by atoms with Crippen molar-refractivity contribution in [1.82, 2.24) is 0 Å². The molecule has 2 N–H and O–H groups in total. The van der Waals surface area contributed by atoms with Gasteiger partial charge in [0.05, 0.1) is 12.0 Å². The smallest absolute Gasteiger partial charge is 0.307 e. The number of ketones is 2. The van der Waals surface area contributed by atoms with Gasteiger partial charge in [0.15, 0.2) is 11.6 Å². The van der Waals surface area contributed by atoms with Crippen LogP contribution in [-0.2, 0) is 11.2 Å². The summed E-state index contributed by atoms with van der Waals surface area (Å²) in [6.45, 7) is 0. The van der Waals surface area contributed by atoms with E-state index >= 15 is 0 Å². The van der Waals surface area contributed by atoms with E-state index in [0.717, 1.165) is 0 Å². The molecule has 1 aliphatic carbocycles. The van der Waals surface area contributed by atoms with Crippen molar-refractivity contribution in [2.75, 3.05) is 0 Å². The molecule has 3 rings (SSSR count). The predicted molar refractivity (Wildman–Crippen MR) is 72.8 cm³/mol. The molecular formula is C16H10O5. The minimum absolute atomic E-state index is 0.102. The van der Waals surface area contributed by atoms with Crippen LogP contribution in [0, 0.1) is 0 Å². The first-order valence-corrected chi connectivity index (χ1v) is 6.25. The largest absolute Gasteiger partial charge is 0.507 e. The number of aliphatic carboxylic acids is 1. The molecule has 5 heteroatoms. The molecule has 0 saturated carbocycles. The molecule has 0 aliphatic heterocycles. The molecule has 21 heavy (non-hydrogen) atoms. The molecular weight excluding hydrogens is 272 g/mol. The normalized spacial score (nSPS) is 12.8. The fourth-order valence-corrected chi connectivity index (χ4v) is 2.52. The second-order valence-corrected chi connectivity index (χ2v) is 4.77. The topological polar surface area (TPSA) is 91.7 Å². The summed E-state index contributed by atoms with van der Waals surface area (Å²) in [5.41, 5.74) is 0.614. The van der Waals surface area contributed by atoms with Crippen molar-refractivity contribution < 1.29 is 24.6 Å². The third-order valence-corrected chi connectivity index (χ3v) is 3.49. The highest BCUT2D eigenvalue weighted by Gasteiger charge is 2.32. The Kier molecular flexibility index (Phi) is 2.83. The first-order valence-electron chi connectivity index (χ1n) is 6.25. The molecule has 0 atom stereocenters. The monoisotopic (exact) mass is 282 g/mol. The summed E-state index contributed by atoms with van der Waals surface area (Å²) in [5.74, 6) is -2.37. The van der Waals surface area contributed by atoms with E-state index in [9.17, 15) is 19.5 Å². The Morgan fingerprint density at radius 3 is 2.14 bits per heavy atom. The number of fused-ring (bicyclic) bond motifs is 2. The average Bonchev–Trinajstić information content (AvgIpc) is 2.46. The molecule has 104 valence electrons. The Morgan fingerprint density at radius 1 is 0.905 bits per heavy atom. The third-order valence-electron chi connectivity index (χ3n) is 3.49. The van der Waals surface area contributed by atoms with Crippen molar-refractivity contribution in [3.05, 3.63) is 64.2 Å². The number of rotatable bonds is 2. The molecule has 0 unspecified atom stereocenters. The maximum absolute atomic E-state index is 12.5. The Bertz CT molecular complexity index is 804. The summed E-state index contributed by atoms with van der Waals surface area (Å²) < 4.78 is 0. The van der Waals surface area contributed by atoms with Gasteiger partial charge in [0, 0.05) is 22.3 Å². The van der Waals surface area contributed by atoms with Crippen molar-refractivity contribution in [2.45, 2.75) is 6.42 Å². The number of hydrogen-bond donors (Lipinski definition) is 2. The predicted octanol–water partition coefficient (Wildman–Crippen LogP) is 1.79. The minimum Gasteiger partial charge on any atom is -0.507 e. The van der Waals surface area contributed by atoms with Crippen LogP contribution in [0.1, 0.15) is 37.4 Å². The van der Waals surface area contributed by atoms with Gasteiger partial charge in [0.25, 0.3) is 0 Å². The van der Waals surface area contributed by atoms with E-state index in [0.29, 0.717) is 5.56 Å². The van der Waals surface area contributed by atoms with Gasteiger partial charge in [-0.25, -0.2) is 0 Å². The zero-order chi connectivity index (χ0) is 15.1. The van der Waals surface area contributed by atoms with Gasteiger partial charge in [-0.3, -0.25) is 14.4 Å². The van der Waals surface area contributed by atoms with Crippen LogP contribution >= 0.6 is 0 Å². The fourth-order valence-electron chi connectivity index (χ4n) is 2.52. The van der Waals surface area contributed by atoms with Crippen molar-refractivity contribution >= 4 is 17.5 Å². The SMILES string of the molecule is O=C(O)Cc1ccc2c(c1O)C(=O)c1ccccc1C2=O. The van der Waals surface area contributed by atoms with Crippen molar-refractivity contribution in [3.63, 3.8) is 0 Å². The zero-order valence-electron chi connectivity index (χ0n) is 10.8. The number of phenols is 1. The van der Waals surface area contributed by atoms with Crippen LogP contribution in [0.25, 0.3) is 0 Å². The van der Waals surface area contributed by atoms with Gasteiger partial charge in [-0.05, 0) is 6.07 Å². The van der Waals surface area contributed by atoms with Crippen LogP contribution in [-0.4, -0.2) is 27.7 Å². The van der Waals surface area contributed by atoms with E-state index in [1.807, 2.05) is 0 Å². The molecule has 0 amide bonds. The first-order chi connectivity index (χ1) is 10.0. The second-order valence-electron chi connectivity index (χ2n) is 4.77. The highest BCUT2D eigenvalue weighted by Crippen LogP contribution is 2.35. The van der Waals surface area contributed by atoms with Gasteiger partial charge in [-0.2, -0.15) is 0 Å². The van der Waals surface area contributed by atoms with Gasteiger partial charge >= 0.3 is 5.97 Å². The highest BCUT2D eigenvalue weighted by atomic mass is 16.4. The summed E-state index contributed by atoms with van der Waals surface area (Å²) in [6, 6.07) is 9.12. The van der Waals surface area contributed by atoms with E-state index in [4.69, 9.17) is 5.11 Å². The lowest BCUT2D eigenvalue weighted by molar-refractivity contribution is -0.136. The third kappa shape index (κ3) is 1.90. The lowest BCUT2D eigenvalue weighted by atomic mass is 9.82. The quantitative estimate of drug-likeness (QED) is 0.747. The van der Waals surface area contributed by atoms with E-state index in [1.165, 1.54) is 18.2 Å². The maximum atomic E-state index is 12.5. The Balaban J connectivity index is 2.24. The Labute approximate surface area is 119 Å². The molecule has 0 radical (unpaired) electrons. The molecule has 2 aromatic carbocycles. The number of carboxylic acids is 1. The van der Waals surface area contributed by atoms with Crippen molar-refractivity contribution in [3.8, 4) is 5.75 Å². The average molecular weight is 282 g/mol. The van der Waals surface area contributed by atoms with Gasteiger partial charge in [0.1, 0.15) is 5.75 Å². The summed E-state index contributed by atoms with van der Waals surface area (Å²) in [7, 11) is 0. The number of carboxylic acid groups (broad SMARTS) is 1. The van der Waals surface area contributed by atoms with E-state index in [1.54, 1.807) is 18.2 Å². The van der Waals surface area contributed by atoms with Gasteiger partial charge in [0.2, 0.25) is 0 Å². The molecule has 0 spiro atoms. The Morgan fingerprint density at radius 2 is 1.52 bits per heavy atom. The van der Waals surface area contributed by atoms with Crippen molar-refractivity contribution in [2.24, 2.45) is 0 Å². The number of phenolic OH excluding ortho intramolecular Hbond substituents is 1. The zero-order valence-corrected chi connectivity index (χ0v) is 10.8. The number of benzene rings is 2. The van der Waals surface area contributed by atoms with Crippen LogP contribution in [0.4, 0.5) is 0 Å². The number of hydrogen-bond acceptors (Lipinski definition) is 4. The van der Waals surface area contributed by atoms with E-state index < -0.39 is 23.9 Å². The van der Waals surface area contributed by atoms with Gasteiger partial charge in [-0.1, -0.05) is 30.3 Å². The summed E-state index contributed by atoms with van der Waals surface area (Å²) in [6.07, 6.45) is -0.414. The molecule has 0 fully saturated rings. The van der Waals surface area contributed by atoms with Crippen LogP contribution in [0.15, 0.2) is 36.4 Å². The van der Waals surface area contributed by atoms with Crippen molar-refractivity contribution in [1.29, 1.82) is 0 Å². The lowest BCUT2D eigenvalue weighted by Gasteiger charge is -2.19. The van der Waals surface area contributed by atoms with Crippen LogP contribution in [0.5, 0.6) is 5.75 Å². The molecule has 0 heterocycles. The summed E-state index contributed by atoms with van der Waals surface area (Å²) in [4.78, 5) is 35.6. The van der Waals surface area contributed by atoms with Gasteiger partial charge < -0.3 is 10.2 Å².